The van der Waals surface area contributed by atoms with Crippen molar-refractivity contribution < 1.29 is 4.79 Å². The SMILES string of the molecule is O=C(/C=C/C1C=CC=C1)C1C=CC=C1. The molecule has 0 unspecified atom stereocenters. The molecular weight excluding hydrogens is 172 g/mol. The lowest BCUT2D eigenvalue weighted by Crippen LogP contribution is -2.04. The summed E-state index contributed by atoms with van der Waals surface area (Å²) in [6.45, 7) is 0. The average molecular weight is 184 g/mol. The van der Waals surface area contributed by atoms with Crippen molar-refractivity contribution in [2.75, 3.05) is 0 Å². The van der Waals surface area contributed by atoms with Crippen LogP contribution in [0.15, 0.2) is 60.8 Å². The molecule has 0 N–H and O–H groups in total. The van der Waals surface area contributed by atoms with E-state index in [2.05, 4.69) is 12.2 Å². The fourth-order valence-electron chi connectivity index (χ4n) is 1.52. The molecule has 0 aromatic carbocycles. The van der Waals surface area contributed by atoms with E-state index < -0.39 is 0 Å². The standard InChI is InChI=1S/C13H12O/c14-13(12-7-3-4-8-12)10-9-11-5-1-2-6-11/h1-12H/b10-9+. The van der Waals surface area contributed by atoms with Crippen molar-refractivity contribution >= 4 is 5.78 Å². The normalized spacial score (nSPS) is 20.6. The minimum Gasteiger partial charge on any atom is -0.294 e. The molecule has 1 nitrogen and oxygen atoms in total. The molecule has 0 aliphatic heterocycles. The summed E-state index contributed by atoms with van der Waals surface area (Å²) in [5, 5.41) is 0. The van der Waals surface area contributed by atoms with Gasteiger partial charge < -0.3 is 0 Å². The van der Waals surface area contributed by atoms with Crippen molar-refractivity contribution in [2.24, 2.45) is 11.8 Å². The molecule has 0 aromatic heterocycles. The van der Waals surface area contributed by atoms with Crippen LogP contribution in [-0.4, -0.2) is 5.78 Å². The van der Waals surface area contributed by atoms with Crippen LogP contribution in [0.4, 0.5) is 0 Å². The molecule has 0 heterocycles. The topological polar surface area (TPSA) is 17.1 Å². The summed E-state index contributed by atoms with van der Waals surface area (Å²) in [6.07, 6.45) is 19.4. The van der Waals surface area contributed by atoms with Gasteiger partial charge >= 0.3 is 0 Å². The van der Waals surface area contributed by atoms with Gasteiger partial charge in [-0.1, -0.05) is 54.7 Å². The number of ketones is 1. The van der Waals surface area contributed by atoms with Crippen molar-refractivity contribution in [3.05, 3.63) is 60.8 Å². The summed E-state index contributed by atoms with van der Waals surface area (Å²) in [6, 6.07) is 0. The van der Waals surface area contributed by atoms with Gasteiger partial charge in [0.15, 0.2) is 5.78 Å². The van der Waals surface area contributed by atoms with E-state index in [1.54, 1.807) is 6.08 Å². The van der Waals surface area contributed by atoms with Crippen LogP contribution in [-0.2, 0) is 4.79 Å². The molecule has 0 fully saturated rings. The molecule has 0 aromatic rings. The van der Waals surface area contributed by atoms with Gasteiger partial charge in [0.1, 0.15) is 0 Å². The second kappa shape index (κ2) is 4.05. The summed E-state index contributed by atoms with van der Waals surface area (Å²) in [4.78, 5) is 11.6. The van der Waals surface area contributed by atoms with Crippen LogP contribution in [0.5, 0.6) is 0 Å². The van der Waals surface area contributed by atoms with Crippen LogP contribution in [0.25, 0.3) is 0 Å². The third kappa shape index (κ3) is 1.99. The number of carbonyl (C=O) groups excluding carboxylic acids is 1. The first-order valence-electron chi connectivity index (χ1n) is 4.78. The highest BCUT2D eigenvalue weighted by Gasteiger charge is 2.11. The minimum absolute atomic E-state index is 0.0411. The number of allylic oxidation sites excluding steroid dienone is 10. The maximum absolute atomic E-state index is 11.6. The molecule has 70 valence electrons. The summed E-state index contributed by atoms with van der Waals surface area (Å²) < 4.78 is 0. The summed E-state index contributed by atoms with van der Waals surface area (Å²) >= 11 is 0. The van der Waals surface area contributed by atoms with Crippen LogP contribution in [0.1, 0.15) is 0 Å². The van der Waals surface area contributed by atoms with E-state index in [4.69, 9.17) is 0 Å². The van der Waals surface area contributed by atoms with Crippen LogP contribution in [0, 0.1) is 11.8 Å². The van der Waals surface area contributed by atoms with Crippen molar-refractivity contribution in [1.82, 2.24) is 0 Å². The Hall–Kier alpha value is -1.63. The Balaban J connectivity index is 1.93. The molecule has 0 spiro atoms. The first-order valence-corrected chi connectivity index (χ1v) is 4.78. The van der Waals surface area contributed by atoms with E-state index in [9.17, 15) is 4.79 Å². The molecule has 0 amide bonds. The molecular formula is C13H12O. The van der Waals surface area contributed by atoms with Crippen molar-refractivity contribution in [1.29, 1.82) is 0 Å². The maximum atomic E-state index is 11.6. The first-order chi connectivity index (χ1) is 6.86. The Bertz CT molecular complexity index is 343. The van der Waals surface area contributed by atoms with Crippen molar-refractivity contribution in [3.8, 4) is 0 Å². The Morgan fingerprint density at radius 1 is 0.929 bits per heavy atom. The van der Waals surface area contributed by atoms with E-state index in [1.807, 2.05) is 42.5 Å². The summed E-state index contributed by atoms with van der Waals surface area (Å²) in [5.41, 5.74) is 0. The zero-order valence-corrected chi connectivity index (χ0v) is 7.84. The molecule has 0 saturated heterocycles. The Morgan fingerprint density at radius 2 is 1.50 bits per heavy atom. The third-order valence-electron chi connectivity index (χ3n) is 2.34. The van der Waals surface area contributed by atoms with Gasteiger partial charge in [-0.25, -0.2) is 0 Å². The number of rotatable bonds is 3. The third-order valence-corrected chi connectivity index (χ3v) is 2.34. The second-order valence-corrected chi connectivity index (χ2v) is 3.40. The number of hydrogen-bond acceptors (Lipinski definition) is 1. The fraction of sp³-hybridized carbons (Fsp3) is 0.154. The maximum Gasteiger partial charge on any atom is 0.166 e. The van der Waals surface area contributed by atoms with Crippen molar-refractivity contribution in [3.63, 3.8) is 0 Å². The largest absolute Gasteiger partial charge is 0.294 e. The predicted molar refractivity (Wildman–Crippen MR) is 57.7 cm³/mol. The predicted octanol–water partition coefficient (Wildman–Crippen LogP) is 2.60. The number of carbonyl (C=O) groups is 1. The molecule has 2 aliphatic carbocycles. The summed E-state index contributed by atoms with van der Waals surface area (Å²) in [7, 11) is 0. The second-order valence-electron chi connectivity index (χ2n) is 3.40. The van der Waals surface area contributed by atoms with Gasteiger partial charge in [-0.05, 0) is 6.08 Å². The lowest BCUT2D eigenvalue weighted by Gasteiger charge is -1.99. The van der Waals surface area contributed by atoms with Gasteiger partial charge in [-0.2, -0.15) is 0 Å². The Morgan fingerprint density at radius 3 is 2.14 bits per heavy atom. The Labute approximate surface area is 83.8 Å². The highest BCUT2D eigenvalue weighted by Crippen LogP contribution is 2.13. The Kier molecular flexibility index (Phi) is 2.59. The zero-order chi connectivity index (χ0) is 9.80. The molecule has 1 heteroatoms. The molecule has 0 saturated carbocycles. The smallest absolute Gasteiger partial charge is 0.166 e. The lowest BCUT2D eigenvalue weighted by molar-refractivity contribution is -0.115. The van der Waals surface area contributed by atoms with Gasteiger partial charge in [-0.3, -0.25) is 4.79 Å². The molecule has 2 aliphatic rings. The van der Waals surface area contributed by atoms with E-state index in [0.29, 0.717) is 5.92 Å². The van der Waals surface area contributed by atoms with Gasteiger partial charge in [0.2, 0.25) is 0 Å². The minimum atomic E-state index is -0.0411. The fourth-order valence-corrected chi connectivity index (χ4v) is 1.52. The van der Waals surface area contributed by atoms with Crippen molar-refractivity contribution in [2.45, 2.75) is 0 Å². The summed E-state index contributed by atoms with van der Waals surface area (Å²) in [5.74, 6) is 0.414. The van der Waals surface area contributed by atoms with E-state index in [0.717, 1.165) is 0 Å². The monoisotopic (exact) mass is 184 g/mol. The molecule has 2 rings (SSSR count). The van der Waals surface area contributed by atoms with Gasteiger partial charge in [0.25, 0.3) is 0 Å². The lowest BCUT2D eigenvalue weighted by atomic mass is 10.0. The molecule has 14 heavy (non-hydrogen) atoms. The molecule has 0 bridgehead atoms. The van der Waals surface area contributed by atoms with E-state index >= 15 is 0 Å². The van der Waals surface area contributed by atoms with E-state index in [1.165, 1.54) is 0 Å². The van der Waals surface area contributed by atoms with Crippen LogP contribution >= 0.6 is 0 Å². The van der Waals surface area contributed by atoms with Gasteiger partial charge in [0, 0.05) is 5.92 Å². The quantitative estimate of drug-likeness (QED) is 0.616. The highest BCUT2D eigenvalue weighted by atomic mass is 16.1. The van der Waals surface area contributed by atoms with Gasteiger partial charge in [0.05, 0.1) is 5.92 Å². The zero-order valence-electron chi connectivity index (χ0n) is 7.84. The first kappa shape index (κ1) is 8.95. The van der Waals surface area contributed by atoms with Crippen LogP contribution in [0.2, 0.25) is 0 Å². The molecule has 0 radical (unpaired) electrons. The van der Waals surface area contributed by atoms with Gasteiger partial charge in [-0.15, -0.1) is 0 Å². The van der Waals surface area contributed by atoms with Crippen LogP contribution < -0.4 is 0 Å². The van der Waals surface area contributed by atoms with Crippen LogP contribution in [0.3, 0.4) is 0 Å². The van der Waals surface area contributed by atoms with E-state index in [-0.39, 0.29) is 11.7 Å². The number of hydrogen-bond donors (Lipinski definition) is 0. The highest BCUT2D eigenvalue weighted by molar-refractivity contribution is 5.94. The molecule has 0 atom stereocenters. The average Bonchev–Trinajstić information content (AvgIpc) is 2.87.